The van der Waals surface area contributed by atoms with E-state index < -0.39 is 6.04 Å². The molecule has 0 aliphatic carbocycles. The molecule has 0 saturated carbocycles. The molecule has 3 aliphatic rings. The first-order chi connectivity index (χ1) is 12.3. The van der Waals surface area contributed by atoms with Crippen LogP contribution < -0.4 is 4.90 Å². The number of benzene rings is 1. The van der Waals surface area contributed by atoms with Crippen LogP contribution in [-0.4, -0.2) is 45.9 Å². The van der Waals surface area contributed by atoms with E-state index in [1.54, 1.807) is 12.4 Å². The van der Waals surface area contributed by atoms with Gasteiger partial charge in [-0.3, -0.25) is 14.6 Å². The van der Waals surface area contributed by atoms with Crippen molar-refractivity contribution in [1.29, 1.82) is 0 Å². The number of hydrazine groups is 1. The minimum absolute atomic E-state index is 0.0966. The number of carbonyl (C=O) groups is 2. The Morgan fingerprint density at radius 3 is 2.24 bits per heavy atom. The van der Waals surface area contributed by atoms with Crippen molar-refractivity contribution in [2.75, 3.05) is 18.0 Å². The predicted molar refractivity (Wildman–Crippen MR) is 91.2 cm³/mol. The zero-order valence-electron chi connectivity index (χ0n) is 13.7. The van der Waals surface area contributed by atoms with Crippen molar-refractivity contribution in [3.05, 3.63) is 60.4 Å². The quantitative estimate of drug-likeness (QED) is 0.781. The summed E-state index contributed by atoms with van der Waals surface area (Å²) in [6, 6.07) is 12.6. The highest BCUT2D eigenvalue weighted by Crippen LogP contribution is 2.48. The number of imide groups is 1. The molecule has 3 saturated heterocycles. The Bertz CT molecular complexity index is 826. The van der Waals surface area contributed by atoms with Gasteiger partial charge in [-0.2, -0.15) is 0 Å². The van der Waals surface area contributed by atoms with E-state index in [1.807, 2.05) is 42.5 Å². The van der Waals surface area contributed by atoms with Crippen LogP contribution in [0.2, 0.25) is 0 Å². The standard InChI is InChI=1S/C19H18N4O2/c24-18-15-16(13-7-9-20-10-8-13)21-11-4-12-22(21)17(15)19(25)23(18)14-5-2-1-3-6-14/h1-3,5-10,15-17H,4,11-12H2/t15-,16+,17+/m0/s1. The van der Waals surface area contributed by atoms with Gasteiger partial charge >= 0.3 is 0 Å². The van der Waals surface area contributed by atoms with E-state index in [0.29, 0.717) is 5.69 Å². The molecule has 1 aromatic heterocycles. The summed E-state index contributed by atoms with van der Waals surface area (Å²) in [6.45, 7) is 1.70. The molecular weight excluding hydrogens is 316 g/mol. The van der Waals surface area contributed by atoms with Gasteiger partial charge in [0.05, 0.1) is 17.6 Å². The molecule has 25 heavy (non-hydrogen) atoms. The van der Waals surface area contributed by atoms with Crippen molar-refractivity contribution in [2.24, 2.45) is 5.92 Å². The fourth-order valence-electron chi connectivity index (χ4n) is 4.51. The van der Waals surface area contributed by atoms with Gasteiger partial charge in [0.2, 0.25) is 5.91 Å². The van der Waals surface area contributed by atoms with Crippen molar-refractivity contribution >= 4 is 17.5 Å². The monoisotopic (exact) mass is 334 g/mol. The maximum atomic E-state index is 13.2. The van der Waals surface area contributed by atoms with Gasteiger partial charge < -0.3 is 0 Å². The van der Waals surface area contributed by atoms with Gasteiger partial charge in [-0.15, -0.1) is 0 Å². The van der Waals surface area contributed by atoms with Crippen LogP contribution in [0, 0.1) is 5.92 Å². The minimum atomic E-state index is -0.395. The predicted octanol–water partition coefficient (Wildman–Crippen LogP) is 1.62. The molecule has 5 rings (SSSR count). The number of fused-ring (bicyclic) bond motifs is 3. The van der Waals surface area contributed by atoms with Crippen LogP contribution in [0.3, 0.4) is 0 Å². The van der Waals surface area contributed by atoms with Gasteiger partial charge in [0.1, 0.15) is 6.04 Å². The van der Waals surface area contributed by atoms with Crippen LogP contribution in [0.1, 0.15) is 18.0 Å². The molecule has 0 N–H and O–H groups in total. The molecule has 0 bridgehead atoms. The number of aromatic nitrogens is 1. The average molecular weight is 334 g/mol. The molecule has 3 atom stereocenters. The number of amides is 2. The fraction of sp³-hybridized carbons (Fsp3) is 0.316. The number of nitrogens with zero attached hydrogens (tertiary/aromatic N) is 4. The summed E-state index contributed by atoms with van der Waals surface area (Å²) < 4.78 is 0. The maximum absolute atomic E-state index is 13.2. The van der Waals surface area contributed by atoms with Crippen LogP contribution >= 0.6 is 0 Å². The van der Waals surface area contributed by atoms with Crippen LogP contribution in [0.25, 0.3) is 0 Å². The number of anilines is 1. The molecule has 0 spiro atoms. The van der Waals surface area contributed by atoms with Crippen molar-refractivity contribution < 1.29 is 9.59 Å². The Morgan fingerprint density at radius 2 is 1.52 bits per heavy atom. The summed E-state index contributed by atoms with van der Waals surface area (Å²) in [5.74, 6) is -0.572. The van der Waals surface area contributed by atoms with E-state index in [9.17, 15) is 9.59 Å². The highest BCUT2D eigenvalue weighted by molar-refractivity contribution is 6.24. The number of para-hydroxylation sites is 1. The number of hydrogen-bond acceptors (Lipinski definition) is 5. The number of hydrogen-bond donors (Lipinski definition) is 0. The largest absolute Gasteiger partial charge is 0.274 e. The first kappa shape index (κ1) is 14.7. The van der Waals surface area contributed by atoms with E-state index >= 15 is 0 Å². The third-order valence-electron chi connectivity index (χ3n) is 5.47. The molecule has 3 aliphatic heterocycles. The van der Waals surface area contributed by atoms with E-state index in [1.165, 1.54) is 4.90 Å². The first-order valence-corrected chi connectivity index (χ1v) is 8.63. The van der Waals surface area contributed by atoms with Gasteiger partial charge in [0.15, 0.2) is 0 Å². The van der Waals surface area contributed by atoms with E-state index in [2.05, 4.69) is 15.0 Å². The summed E-state index contributed by atoms with van der Waals surface area (Å²) in [5, 5.41) is 4.32. The summed E-state index contributed by atoms with van der Waals surface area (Å²) in [6.07, 6.45) is 4.51. The van der Waals surface area contributed by atoms with Crippen molar-refractivity contribution in [2.45, 2.75) is 18.5 Å². The minimum Gasteiger partial charge on any atom is -0.274 e. The SMILES string of the molecule is O=C1[C@H]2[C@@H](c3ccncc3)N3CCCN3[C@H]2C(=O)N1c1ccccc1. The normalized spacial score (nSPS) is 29.3. The maximum Gasteiger partial charge on any atom is 0.253 e. The summed E-state index contributed by atoms with van der Waals surface area (Å²) in [5.41, 5.74) is 1.71. The molecule has 0 unspecified atom stereocenters. The molecule has 2 aromatic rings. The van der Waals surface area contributed by atoms with Gasteiger partial charge in [-0.25, -0.2) is 14.9 Å². The fourth-order valence-corrected chi connectivity index (χ4v) is 4.51. The molecule has 0 radical (unpaired) electrons. The molecule has 1 aromatic carbocycles. The van der Waals surface area contributed by atoms with Crippen LogP contribution in [0.5, 0.6) is 0 Å². The molecule has 126 valence electrons. The zero-order valence-corrected chi connectivity index (χ0v) is 13.7. The van der Waals surface area contributed by atoms with Crippen LogP contribution in [-0.2, 0) is 9.59 Å². The molecule has 2 amide bonds. The molecule has 6 heteroatoms. The van der Waals surface area contributed by atoms with Gasteiger partial charge in [0, 0.05) is 25.5 Å². The third-order valence-corrected chi connectivity index (χ3v) is 5.47. The topological polar surface area (TPSA) is 56.8 Å². The Kier molecular flexibility index (Phi) is 3.23. The third kappa shape index (κ3) is 2.01. The Hall–Kier alpha value is -2.57. The second-order valence-corrected chi connectivity index (χ2v) is 6.72. The average Bonchev–Trinajstić information content (AvgIpc) is 3.29. The zero-order chi connectivity index (χ0) is 17.0. The van der Waals surface area contributed by atoms with Crippen molar-refractivity contribution in [3.63, 3.8) is 0 Å². The number of rotatable bonds is 2. The van der Waals surface area contributed by atoms with Gasteiger partial charge in [-0.1, -0.05) is 18.2 Å². The smallest absolute Gasteiger partial charge is 0.253 e. The van der Waals surface area contributed by atoms with Crippen molar-refractivity contribution in [3.8, 4) is 0 Å². The Labute approximate surface area is 145 Å². The number of pyridine rings is 1. The van der Waals surface area contributed by atoms with Gasteiger partial charge in [0.25, 0.3) is 5.91 Å². The molecule has 4 heterocycles. The second kappa shape index (κ2) is 5.47. The highest BCUT2D eigenvalue weighted by Gasteiger charge is 2.62. The summed E-state index contributed by atoms with van der Waals surface area (Å²) >= 11 is 0. The van der Waals surface area contributed by atoms with E-state index in [-0.39, 0.29) is 23.8 Å². The Morgan fingerprint density at radius 1 is 0.840 bits per heavy atom. The Balaban J connectivity index is 1.60. The molecule has 3 fully saturated rings. The summed E-state index contributed by atoms with van der Waals surface area (Å²) in [7, 11) is 0. The van der Waals surface area contributed by atoms with Gasteiger partial charge in [-0.05, 0) is 36.2 Å². The number of carbonyl (C=O) groups excluding carboxylic acids is 2. The van der Waals surface area contributed by atoms with E-state index in [0.717, 1.165) is 25.1 Å². The molecular formula is C19H18N4O2. The lowest BCUT2D eigenvalue weighted by molar-refractivity contribution is -0.126. The van der Waals surface area contributed by atoms with Crippen molar-refractivity contribution in [1.82, 2.24) is 15.0 Å². The second-order valence-electron chi connectivity index (χ2n) is 6.72. The molecule has 6 nitrogen and oxygen atoms in total. The lowest BCUT2D eigenvalue weighted by Gasteiger charge is -2.29. The van der Waals surface area contributed by atoms with Crippen LogP contribution in [0.4, 0.5) is 5.69 Å². The highest BCUT2D eigenvalue weighted by atomic mass is 16.2. The lowest BCUT2D eigenvalue weighted by atomic mass is 9.90. The van der Waals surface area contributed by atoms with Crippen LogP contribution in [0.15, 0.2) is 54.9 Å². The van der Waals surface area contributed by atoms with E-state index in [4.69, 9.17) is 0 Å². The summed E-state index contributed by atoms with van der Waals surface area (Å²) in [4.78, 5) is 31.9. The lowest BCUT2D eigenvalue weighted by Crippen LogP contribution is -2.44. The first-order valence-electron chi connectivity index (χ1n) is 8.63.